The molecule has 0 spiro atoms. The molecule has 0 heterocycles. The average molecular weight is 207 g/mol. The summed E-state index contributed by atoms with van der Waals surface area (Å²) in [5.74, 6) is -1.12. The van der Waals surface area contributed by atoms with Crippen molar-refractivity contribution in [2.24, 2.45) is 11.1 Å². The number of carboxylic acid groups (broad SMARTS) is 1. The van der Waals surface area contributed by atoms with Crippen molar-refractivity contribution in [2.75, 3.05) is 0 Å². The number of carboxylic acids is 1. The number of aliphatic carboxylic acids is 1. The number of nitrogens with zero attached hydrogens (tertiary/aromatic N) is 1. The van der Waals surface area contributed by atoms with Gasteiger partial charge in [0.25, 0.3) is 0 Å². The van der Waals surface area contributed by atoms with Gasteiger partial charge in [0.05, 0.1) is 5.92 Å². The molecule has 1 atom stereocenters. The summed E-state index contributed by atoms with van der Waals surface area (Å²) in [5, 5.41) is 11.5. The number of carbonyl (C=O) groups is 1. The van der Waals surface area contributed by atoms with Gasteiger partial charge in [-0.1, -0.05) is 19.1 Å². The first-order valence-corrected chi connectivity index (χ1v) is 4.78. The second kappa shape index (κ2) is 5.24. The maximum Gasteiger partial charge on any atom is 0.306 e. The first kappa shape index (κ1) is 11.4. The molecule has 15 heavy (non-hydrogen) atoms. The lowest BCUT2D eigenvalue weighted by molar-refractivity contribution is -0.141. The molecule has 1 aromatic carbocycles. The lowest BCUT2D eigenvalue weighted by Crippen LogP contribution is -2.10. The topological polar surface area (TPSA) is 66.7 Å². The molecule has 0 amide bonds. The van der Waals surface area contributed by atoms with Crippen molar-refractivity contribution in [3.05, 3.63) is 34.7 Å². The van der Waals surface area contributed by atoms with Gasteiger partial charge < -0.3 is 5.11 Å². The van der Waals surface area contributed by atoms with E-state index in [1.54, 1.807) is 31.2 Å². The van der Waals surface area contributed by atoms with E-state index in [9.17, 15) is 9.70 Å². The summed E-state index contributed by atoms with van der Waals surface area (Å²) in [6.07, 6.45) is 1.30. The summed E-state index contributed by atoms with van der Waals surface area (Å²) in [7, 11) is 0. The van der Waals surface area contributed by atoms with Gasteiger partial charge in [0, 0.05) is 0 Å². The molecular formula is C11H13NO3. The molecular weight excluding hydrogens is 194 g/mol. The van der Waals surface area contributed by atoms with Crippen molar-refractivity contribution < 1.29 is 9.90 Å². The van der Waals surface area contributed by atoms with Crippen LogP contribution in [0.2, 0.25) is 0 Å². The Labute approximate surface area is 87.9 Å². The number of aryl methyl sites for hydroxylation is 1. The smallest absolute Gasteiger partial charge is 0.306 e. The Morgan fingerprint density at radius 2 is 2.00 bits per heavy atom. The SMILES string of the molecule is CC(CCc1ccc(N=O)cc1)C(=O)O. The first-order chi connectivity index (χ1) is 7.13. The van der Waals surface area contributed by atoms with E-state index in [1.807, 2.05) is 0 Å². The molecule has 4 heteroatoms. The van der Waals surface area contributed by atoms with Crippen LogP contribution in [0.1, 0.15) is 18.9 Å². The Kier molecular flexibility index (Phi) is 3.97. The zero-order valence-corrected chi connectivity index (χ0v) is 8.51. The number of rotatable bonds is 5. The predicted octanol–water partition coefficient (Wildman–Crippen LogP) is 2.74. The van der Waals surface area contributed by atoms with Crippen LogP contribution < -0.4 is 0 Å². The maximum atomic E-state index is 10.6. The summed E-state index contributed by atoms with van der Waals surface area (Å²) in [5.41, 5.74) is 1.42. The molecule has 1 rings (SSSR count). The fourth-order valence-corrected chi connectivity index (χ4v) is 1.23. The van der Waals surface area contributed by atoms with Crippen LogP contribution in [0.4, 0.5) is 5.69 Å². The molecule has 0 fully saturated rings. The van der Waals surface area contributed by atoms with Crippen molar-refractivity contribution in [3.63, 3.8) is 0 Å². The third-order valence-electron chi connectivity index (χ3n) is 2.33. The summed E-state index contributed by atoms with van der Waals surface area (Å²) >= 11 is 0. The second-order valence-electron chi connectivity index (χ2n) is 3.54. The Hall–Kier alpha value is -1.71. The molecule has 0 saturated heterocycles. The number of nitroso groups, excluding NO2 is 1. The highest BCUT2D eigenvalue weighted by atomic mass is 16.4. The molecule has 4 nitrogen and oxygen atoms in total. The minimum atomic E-state index is -0.777. The van der Waals surface area contributed by atoms with Gasteiger partial charge in [-0.15, -0.1) is 4.91 Å². The Morgan fingerprint density at radius 1 is 1.40 bits per heavy atom. The van der Waals surface area contributed by atoms with Crippen LogP contribution in [-0.2, 0) is 11.2 Å². The lowest BCUT2D eigenvalue weighted by Gasteiger charge is -2.05. The Balaban J connectivity index is 2.51. The van der Waals surface area contributed by atoms with Gasteiger partial charge in [0.1, 0.15) is 5.69 Å². The van der Waals surface area contributed by atoms with E-state index < -0.39 is 5.97 Å². The van der Waals surface area contributed by atoms with Crippen molar-refractivity contribution in [1.29, 1.82) is 0 Å². The third-order valence-corrected chi connectivity index (χ3v) is 2.33. The highest BCUT2D eigenvalue weighted by molar-refractivity contribution is 5.69. The van der Waals surface area contributed by atoms with Gasteiger partial charge in [-0.3, -0.25) is 4.79 Å². The largest absolute Gasteiger partial charge is 0.481 e. The van der Waals surface area contributed by atoms with Crippen LogP contribution in [0.25, 0.3) is 0 Å². The Morgan fingerprint density at radius 3 is 2.47 bits per heavy atom. The van der Waals surface area contributed by atoms with E-state index in [0.29, 0.717) is 18.5 Å². The van der Waals surface area contributed by atoms with Gasteiger partial charge >= 0.3 is 5.97 Å². The normalized spacial score (nSPS) is 12.1. The summed E-state index contributed by atoms with van der Waals surface area (Å²) < 4.78 is 0. The quantitative estimate of drug-likeness (QED) is 0.755. The van der Waals surface area contributed by atoms with E-state index in [2.05, 4.69) is 5.18 Å². The molecule has 1 N–H and O–H groups in total. The minimum Gasteiger partial charge on any atom is -0.481 e. The zero-order chi connectivity index (χ0) is 11.3. The molecule has 0 aliphatic carbocycles. The van der Waals surface area contributed by atoms with Crippen LogP contribution in [-0.4, -0.2) is 11.1 Å². The van der Waals surface area contributed by atoms with Crippen molar-refractivity contribution in [3.8, 4) is 0 Å². The lowest BCUT2D eigenvalue weighted by atomic mass is 10.0. The molecule has 0 saturated carbocycles. The summed E-state index contributed by atoms with van der Waals surface area (Å²) in [6.45, 7) is 1.68. The van der Waals surface area contributed by atoms with Crippen LogP contribution in [0, 0.1) is 10.8 Å². The van der Waals surface area contributed by atoms with Crippen molar-refractivity contribution >= 4 is 11.7 Å². The summed E-state index contributed by atoms with van der Waals surface area (Å²) in [6, 6.07) is 6.86. The molecule has 80 valence electrons. The van der Waals surface area contributed by atoms with E-state index in [4.69, 9.17) is 5.11 Å². The third kappa shape index (κ3) is 3.50. The fourth-order valence-electron chi connectivity index (χ4n) is 1.23. The number of hydrogen-bond donors (Lipinski definition) is 1. The van der Waals surface area contributed by atoms with Crippen LogP contribution in [0.3, 0.4) is 0 Å². The first-order valence-electron chi connectivity index (χ1n) is 4.78. The van der Waals surface area contributed by atoms with Crippen LogP contribution in [0.15, 0.2) is 29.4 Å². The van der Waals surface area contributed by atoms with Gasteiger partial charge in [-0.05, 0) is 35.7 Å². The van der Waals surface area contributed by atoms with Crippen molar-refractivity contribution in [1.82, 2.24) is 0 Å². The highest BCUT2D eigenvalue weighted by Gasteiger charge is 2.10. The molecule has 1 unspecified atom stereocenters. The molecule has 0 aliphatic heterocycles. The average Bonchev–Trinajstić information content (AvgIpc) is 2.26. The second-order valence-corrected chi connectivity index (χ2v) is 3.54. The number of benzene rings is 1. The Bertz CT molecular complexity index is 345. The van der Waals surface area contributed by atoms with Crippen LogP contribution >= 0.6 is 0 Å². The minimum absolute atomic E-state index is 0.339. The van der Waals surface area contributed by atoms with E-state index in [1.165, 1.54) is 0 Å². The predicted molar refractivity (Wildman–Crippen MR) is 57.0 cm³/mol. The van der Waals surface area contributed by atoms with E-state index in [0.717, 1.165) is 5.56 Å². The van der Waals surface area contributed by atoms with Crippen molar-refractivity contribution in [2.45, 2.75) is 19.8 Å². The molecule has 0 aromatic heterocycles. The molecule has 0 radical (unpaired) electrons. The van der Waals surface area contributed by atoms with Gasteiger partial charge in [-0.2, -0.15) is 0 Å². The zero-order valence-electron chi connectivity index (χ0n) is 8.51. The monoisotopic (exact) mass is 207 g/mol. The molecule has 0 aliphatic rings. The van der Waals surface area contributed by atoms with Gasteiger partial charge in [0.2, 0.25) is 0 Å². The van der Waals surface area contributed by atoms with E-state index >= 15 is 0 Å². The van der Waals surface area contributed by atoms with Crippen LogP contribution in [0.5, 0.6) is 0 Å². The molecule has 1 aromatic rings. The summed E-state index contributed by atoms with van der Waals surface area (Å²) in [4.78, 5) is 20.7. The maximum absolute atomic E-state index is 10.6. The van der Waals surface area contributed by atoms with E-state index in [-0.39, 0.29) is 5.92 Å². The number of hydrogen-bond acceptors (Lipinski definition) is 3. The van der Waals surface area contributed by atoms with Gasteiger partial charge in [-0.25, -0.2) is 0 Å². The van der Waals surface area contributed by atoms with Gasteiger partial charge in [0.15, 0.2) is 0 Å². The molecule has 0 bridgehead atoms. The standard InChI is InChI=1S/C11H13NO3/c1-8(11(13)14)2-3-9-4-6-10(12-15)7-5-9/h4-8H,2-3H2,1H3,(H,13,14). The fraction of sp³-hybridized carbons (Fsp3) is 0.364. The highest BCUT2D eigenvalue weighted by Crippen LogP contribution is 2.15.